The summed E-state index contributed by atoms with van der Waals surface area (Å²) in [5.41, 5.74) is 6.25. The first-order chi connectivity index (χ1) is 7.27. The number of rotatable bonds is 6. The largest absolute Gasteiger partial charge is 0.385 e. The van der Waals surface area contributed by atoms with Crippen molar-refractivity contribution in [2.45, 2.75) is 57.9 Å². The third kappa shape index (κ3) is 4.52. The molecule has 2 N–H and O–H groups in total. The van der Waals surface area contributed by atoms with Crippen molar-refractivity contribution in [3.63, 3.8) is 0 Å². The van der Waals surface area contributed by atoms with Crippen LogP contribution in [-0.4, -0.2) is 19.8 Å². The Balaban J connectivity index is 2.22. The molecule has 3 atom stereocenters. The highest BCUT2D eigenvalue weighted by Crippen LogP contribution is 2.33. The first-order valence-corrected chi connectivity index (χ1v) is 6.52. The van der Waals surface area contributed by atoms with Gasteiger partial charge in [0.25, 0.3) is 0 Å². The van der Waals surface area contributed by atoms with Crippen LogP contribution in [0.15, 0.2) is 0 Å². The molecule has 1 saturated carbocycles. The molecule has 0 aromatic rings. The van der Waals surface area contributed by atoms with Gasteiger partial charge in [0.15, 0.2) is 0 Å². The van der Waals surface area contributed by atoms with Gasteiger partial charge in [0, 0.05) is 19.8 Å². The summed E-state index contributed by atoms with van der Waals surface area (Å²) in [6.07, 6.45) is 9.12. The maximum Gasteiger partial charge on any atom is 0.0462 e. The van der Waals surface area contributed by atoms with Gasteiger partial charge in [0.05, 0.1) is 0 Å². The fraction of sp³-hybridized carbons (Fsp3) is 1.00. The van der Waals surface area contributed by atoms with Gasteiger partial charge in [-0.1, -0.05) is 26.2 Å². The molecule has 0 saturated heterocycles. The van der Waals surface area contributed by atoms with Crippen molar-refractivity contribution in [2.24, 2.45) is 17.6 Å². The van der Waals surface area contributed by atoms with Crippen molar-refractivity contribution in [3.05, 3.63) is 0 Å². The summed E-state index contributed by atoms with van der Waals surface area (Å²) in [5, 5.41) is 0. The lowest BCUT2D eigenvalue weighted by molar-refractivity contribution is 0.176. The molecule has 90 valence electrons. The van der Waals surface area contributed by atoms with E-state index >= 15 is 0 Å². The van der Waals surface area contributed by atoms with E-state index in [4.69, 9.17) is 10.5 Å². The molecule has 0 aliphatic heterocycles. The average molecular weight is 213 g/mol. The van der Waals surface area contributed by atoms with E-state index in [1.165, 1.54) is 32.1 Å². The Kier molecular flexibility index (Phi) is 6.26. The highest BCUT2D eigenvalue weighted by atomic mass is 16.5. The zero-order valence-corrected chi connectivity index (χ0v) is 10.4. The normalized spacial score (nSPS) is 29.0. The number of hydrogen-bond acceptors (Lipinski definition) is 2. The average Bonchev–Trinajstić information content (AvgIpc) is 2.29. The van der Waals surface area contributed by atoms with Crippen molar-refractivity contribution in [1.29, 1.82) is 0 Å². The minimum absolute atomic E-state index is 0.412. The van der Waals surface area contributed by atoms with Gasteiger partial charge in [-0.2, -0.15) is 0 Å². The Hall–Kier alpha value is -0.0800. The Morgan fingerprint density at radius 2 is 2.20 bits per heavy atom. The molecule has 1 fully saturated rings. The Morgan fingerprint density at radius 3 is 2.87 bits per heavy atom. The third-order valence-corrected chi connectivity index (χ3v) is 3.89. The maximum atomic E-state index is 6.25. The van der Waals surface area contributed by atoms with Gasteiger partial charge in [-0.05, 0) is 37.5 Å². The summed E-state index contributed by atoms with van der Waals surface area (Å²) in [4.78, 5) is 0. The summed E-state index contributed by atoms with van der Waals surface area (Å²) < 4.78 is 5.07. The second-order valence-corrected chi connectivity index (χ2v) is 5.00. The van der Waals surface area contributed by atoms with Crippen LogP contribution < -0.4 is 5.73 Å². The Labute approximate surface area is 94.6 Å². The number of hydrogen-bond donors (Lipinski definition) is 1. The highest BCUT2D eigenvalue weighted by Gasteiger charge is 2.25. The molecule has 0 spiro atoms. The van der Waals surface area contributed by atoms with Crippen LogP contribution >= 0.6 is 0 Å². The van der Waals surface area contributed by atoms with E-state index in [2.05, 4.69) is 6.92 Å². The van der Waals surface area contributed by atoms with Crippen molar-refractivity contribution in [3.8, 4) is 0 Å². The van der Waals surface area contributed by atoms with Crippen LogP contribution in [0.2, 0.25) is 0 Å². The molecule has 0 aromatic heterocycles. The van der Waals surface area contributed by atoms with E-state index < -0.39 is 0 Å². The predicted octanol–water partition coefficient (Wildman–Crippen LogP) is 2.96. The molecule has 0 aromatic carbocycles. The van der Waals surface area contributed by atoms with Crippen LogP contribution in [0.3, 0.4) is 0 Å². The van der Waals surface area contributed by atoms with E-state index in [-0.39, 0.29) is 0 Å². The van der Waals surface area contributed by atoms with E-state index in [9.17, 15) is 0 Å². The smallest absolute Gasteiger partial charge is 0.0462 e. The Morgan fingerprint density at radius 1 is 1.40 bits per heavy atom. The monoisotopic (exact) mass is 213 g/mol. The molecular formula is C13H27NO. The van der Waals surface area contributed by atoms with Crippen molar-refractivity contribution in [1.82, 2.24) is 0 Å². The van der Waals surface area contributed by atoms with Crippen LogP contribution in [0.5, 0.6) is 0 Å². The van der Waals surface area contributed by atoms with Crippen LogP contribution in [0, 0.1) is 11.8 Å². The zero-order chi connectivity index (χ0) is 11.1. The van der Waals surface area contributed by atoms with Gasteiger partial charge in [-0.25, -0.2) is 0 Å². The van der Waals surface area contributed by atoms with E-state index in [0.29, 0.717) is 6.04 Å². The molecule has 1 aliphatic carbocycles. The second-order valence-electron chi connectivity index (χ2n) is 5.00. The van der Waals surface area contributed by atoms with Crippen molar-refractivity contribution < 1.29 is 4.74 Å². The first-order valence-electron chi connectivity index (χ1n) is 6.52. The topological polar surface area (TPSA) is 35.2 Å². The molecular weight excluding hydrogens is 186 g/mol. The minimum atomic E-state index is 0.412. The molecule has 1 aliphatic rings. The van der Waals surface area contributed by atoms with Crippen LogP contribution in [0.25, 0.3) is 0 Å². The summed E-state index contributed by atoms with van der Waals surface area (Å²) in [6, 6.07) is 0.412. The molecule has 15 heavy (non-hydrogen) atoms. The molecule has 2 heteroatoms. The highest BCUT2D eigenvalue weighted by molar-refractivity contribution is 4.80. The van der Waals surface area contributed by atoms with Gasteiger partial charge in [0.1, 0.15) is 0 Å². The van der Waals surface area contributed by atoms with Crippen molar-refractivity contribution in [2.75, 3.05) is 13.7 Å². The van der Waals surface area contributed by atoms with E-state index in [1.54, 1.807) is 7.11 Å². The van der Waals surface area contributed by atoms with E-state index in [0.717, 1.165) is 31.3 Å². The molecule has 3 unspecified atom stereocenters. The standard InChI is InChI=1S/C13H27NO/c1-3-11-6-4-7-12(10-11)13(14)8-5-9-15-2/h11-13H,3-10,14H2,1-2H3. The first kappa shape index (κ1) is 13.0. The Bertz CT molecular complexity index is 161. The van der Waals surface area contributed by atoms with E-state index in [1.807, 2.05) is 0 Å². The molecule has 0 amide bonds. The molecule has 0 bridgehead atoms. The molecule has 0 radical (unpaired) electrons. The lowest BCUT2D eigenvalue weighted by Crippen LogP contribution is -2.33. The number of nitrogens with two attached hydrogens (primary N) is 1. The zero-order valence-electron chi connectivity index (χ0n) is 10.4. The van der Waals surface area contributed by atoms with Gasteiger partial charge in [0.2, 0.25) is 0 Å². The fourth-order valence-electron chi connectivity index (χ4n) is 2.79. The van der Waals surface area contributed by atoms with Crippen LogP contribution in [0.1, 0.15) is 51.9 Å². The van der Waals surface area contributed by atoms with Gasteiger partial charge in [-0.3, -0.25) is 0 Å². The summed E-state index contributed by atoms with van der Waals surface area (Å²) in [6.45, 7) is 3.17. The minimum Gasteiger partial charge on any atom is -0.385 e. The molecule has 2 nitrogen and oxygen atoms in total. The number of methoxy groups -OCH3 is 1. The summed E-state index contributed by atoms with van der Waals surface area (Å²) in [7, 11) is 1.76. The van der Waals surface area contributed by atoms with Crippen LogP contribution in [0.4, 0.5) is 0 Å². The lowest BCUT2D eigenvalue weighted by Gasteiger charge is -2.32. The summed E-state index contributed by atoms with van der Waals surface area (Å²) in [5.74, 6) is 1.72. The van der Waals surface area contributed by atoms with Gasteiger partial charge in [-0.15, -0.1) is 0 Å². The predicted molar refractivity (Wildman–Crippen MR) is 64.8 cm³/mol. The fourth-order valence-corrected chi connectivity index (χ4v) is 2.79. The maximum absolute atomic E-state index is 6.25. The van der Waals surface area contributed by atoms with Crippen molar-refractivity contribution >= 4 is 0 Å². The van der Waals surface area contributed by atoms with Gasteiger partial charge >= 0.3 is 0 Å². The number of ether oxygens (including phenoxy) is 1. The van der Waals surface area contributed by atoms with Crippen LogP contribution in [-0.2, 0) is 4.74 Å². The van der Waals surface area contributed by atoms with Gasteiger partial charge < -0.3 is 10.5 Å². The second kappa shape index (κ2) is 7.24. The molecule has 1 rings (SSSR count). The summed E-state index contributed by atoms with van der Waals surface area (Å²) >= 11 is 0. The SMILES string of the molecule is CCC1CCCC(C(N)CCCOC)C1. The molecule has 0 heterocycles. The quantitative estimate of drug-likeness (QED) is 0.688. The third-order valence-electron chi connectivity index (χ3n) is 3.89. The lowest BCUT2D eigenvalue weighted by atomic mass is 9.76.